The minimum atomic E-state index is -4.23. The van der Waals surface area contributed by atoms with Crippen LogP contribution < -0.4 is 4.72 Å². The Hall–Kier alpha value is -2.04. The molecule has 2 N–H and O–H groups in total. The van der Waals surface area contributed by atoms with Crippen LogP contribution in [0.3, 0.4) is 0 Å². The number of nitrogens with one attached hydrogen (secondary N) is 1. The highest BCUT2D eigenvalue weighted by molar-refractivity contribution is 7.89. The van der Waals surface area contributed by atoms with Gasteiger partial charge in [-0.15, -0.1) is 0 Å². The lowest BCUT2D eigenvalue weighted by Gasteiger charge is -2.27. The van der Waals surface area contributed by atoms with Crippen LogP contribution in [0.2, 0.25) is 0 Å². The Bertz CT molecular complexity index is 700. The van der Waals surface area contributed by atoms with Crippen LogP contribution >= 0.6 is 0 Å². The van der Waals surface area contributed by atoms with E-state index >= 15 is 0 Å². The van der Waals surface area contributed by atoms with E-state index in [1.807, 2.05) is 0 Å². The molecule has 0 spiro atoms. The Labute approximate surface area is 133 Å². The smallest absolute Gasteiger partial charge is 0.313 e. The molecule has 0 aliphatic heterocycles. The summed E-state index contributed by atoms with van der Waals surface area (Å²) in [6.45, 7) is 2.28. The number of esters is 1. The zero-order valence-electron chi connectivity index (χ0n) is 12.8. The Balaban J connectivity index is 2.97. The van der Waals surface area contributed by atoms with Gasteiger partial charge in [0.2, 0.25) is 10.0 Å². The van der Waals surface area contributed by atoms with E-state index in [1.165, 1.54) is 26.0 Å². The molecule has 128 valence electrons. The second-order valence-electron chi connectivity index (χ2n) is 5.31. The minimum absolute atomic E-state index is 0.503. The zero-order chi connectivity index (χ0) is 17.8. The van der Waals surface area contributed by atoms with Crippen molar-refractivity contribution in [3.05, 3.63) is 34.4 Å². The first-order chi connectivity index (χ1) is 10.5. The number of ether oxygens (including phenoxy) is 1. The number of carbonyl (C=O) groups is 1. The number of para-hydroxylation sites is 1. The zero-order valence-corrected chi connectivity index (χ0v) is 13.7. The summed E-state index contributed by atoms with van der Waals surface area (Å²) in [7, 11) is -3.08. The lowest BCUT2D eigenvalue weighted by molar-refractivity contribution is -0.387. The maximum atomic E-state index is 12.2. The molecule has 0 radical (unpaired) electrons. The summed E-state index contributed by atoms with van der Waals surface area (Å²) < 4.78 is 31.0. The van der Waals surface area contributed by atoms with Gasteiger partial charge in [-0.1, -0.05) is 12.1 Å². The number of methoxy groups -OCH3 is 1. The monoisotopic (exact) mass is 346 g/mol. The highest BCUT2D eigenvalue weighted by Crippen LogP contribution is 2.25. The van der Waals surface area contributed by atoms with Crippen molar-refractivity contribution in [2.75, 3.05) is 13.7 Å². The molecule has 1 aromatic rings. The van der Waals surface area contributed by atoms with Crippen LogP contribution in [0.1, 0.15) is 13.8 Å². The van der Waals surface area contributed by atoms with Crippen LogP contribution in [0, 0.1) is 15.5 Å². The molecule has 9 nitrogen and oxygen atoms in total. The second kappa shape index (κ2) is 7.02. The van der Waals surface area contributed by atoms with Crippen LogP contribution in [0.15, 0.2) is 29.2 Å². The van der Waals surface area contributed by atoms with Crippen LogP contribution in [0.5, 0.6) is 0 Å². The van der Waals surface area contributed by atoms with Crippen molar-refractivity contribution in [1.29, 1.82) is 0 Å². The fourth-order valence-electron chi connectivity index (χ4n) is 1.76. The fraction of sp³-hybridized carbons (Fsp3) is 0.462. The average molecular weight is 346 g/mol. The van der Waals surface area contributed by atoms with Crippen LogP contribution in [-0.4, -0.2) is 44.2 Å². The number of aliphatic hydroxyl groups is 1. The topological polar surface area (TPSA) is 136 Å². The van der Waals surface area contributed by atoms with Crippen molar-refractivity contribution in [2.24, 2.45) is 5.41 Å². The van der Waals surface area contributed by atoms with E-state index in [4.69, 9.17) is 0 Å². The van der Waals surface area contributed by atoms with Crippen LogP contribution in [0.25, 0.3) is 0 Å². The Morgan fingerprint density at radius 1 is 1.43 bits per heavy atom. The molecule has 1 unspecified atom stereocenters. The van der Waals surface area contributed by atoms with Crippen LogP contribution in [-0.2, 0) is 19.6 Å². The Morgan fingerprint density at radius 2 is 2.00 bits per heavy atom. The summed E-state index contributed by atoms with van der Waals surface area (Å²) in [6.07, 6.45) is -1.38. The summed E-state index contributed by atoms with van der Waals surface area (Å²) in [5, 5.41) is 20.9. The summed E-state index contributed by atoms with van der Waals surface area (Å²) >= 11 is 0. The third-order valence-electron chi connectivity index (χ3n) is 3.36. The third-order valence-corrected chi connectivity index (χ3v) is 4.83. The first kappa shape index (κ1) is 19.0. The van der Waals surface area contributed by atoms with E-state index in [1.54, 1.807) is 0 Å². The van der Waals surface area contributed by atoms with Crippen molar-refractivity contribution in [3.8, 4) is 0 Å². The lowest BCUT2D eigenvalue weighted by Crippen LogP contribution is -2.45. The maximum Gasteiger partial charge on any atom is 0.313 e. The van der Waals surface area contributed by atoms with Gasteiger partial charge in [0.15, 0.2) is 4.90 Å². The summed E-state index contributed by atoms with van der Waals surface area (Å²) in [5.74, 6) is -0.713. The minimum Gasteiger partial charge on any atom is -0.469 e. The third kappa shape index (κ3) is 4.24. The molecule has 1 aromatic carbocycles. The summed E-state index contributed by atoms with van der Waals surface area (Å²) in [6, 6.07) is 4.82. The SMILES string of the molecule is COC(=O)C(C)(C)C(O)CNS(=O)(=O)c1ccccc1[N+](=O)[O-]. The van der Waals surface area contributed by atoms with Crippen molar-refractivity contribution in [1.82, 2.24) is 4.72 Å². The quantitative estimate of drug-likeness (QED) is 0.415. The average Bonchev–Trinajstić information content (AvgIpc) is 2.51. The van der Waals surface area contributed by atoms with E-state index in [9.17, 15) is 28.4 Å². The number of rotatable bonds is 7. The molecule has 0 saturated carbocycles. The number of nitro benzene ring substituents is 1. The van der Waals surface area contributed by atoms with Gasteiger partial charge in [-0.25, -0.2) is 13.1 Å². The molecular weight excluding hydrogens is 328 g/mol. The molecule has 0 aliphatic rings. The number of carbonyl (C=O) groups excluding carboxylic acids is 1. The number of aliphatic hydroxyl groups excluding tert-OH is 1. The predicted molar refractivity (Wildman–Crippen MR) is 80.1 cm³/mol. The predicted octanol–water partition coefficient (Wildman–Crippen LogP) is 0.433. The second-order valence-corrected chi connectivity index (χ2v) is 7.04. The van der Waals surface area contributed by atoms with E-state index in [0.717, 1.165) is 19.2 Å². The number of sulfonamides is 1. The van der Waals surface area contributed by atoms with Gasteiger partial charge in [-0.3, -0.25) is 14.9 Å². The molecule has 1 atom stereocenters. The first-order valence-corrected chi connectivity index (χ1v) is 8.02. The summed E-state index contributed by atoms with van der Waals surface area (Å²) in [4.78, 5) is 21.1. The molecule has 10 heteroatoms. The molecular formula is C13H18N2O7S. The van der Waals surface area contributed by atoms with E-state index in [-0.39, 0.29) is 0 Å². The number of hydrogen-bond donors (Lipinski definition) is 2. The molecule has 1 rings (SSSR count). The summed E-state index contributed by atoms with van der Waals surface area (Å²) in [5.41, 5.74) is -1.93. The highest BCUT2D eigenvalue weighted by Gasteiger charge is 2.38. The lowest BCUT2D eigenvalue weighted by atomic mass is 9.87. The first-order valence-electron chi connectivity index (χ1n) is 6.53. The fourth-order valence-corrected chi connectivity index (χ4v) is 2.96. The normalized spacial score (nSPS) is 13.4. The number of hydrogen-bond acceptors (Lipinski definition) is 7. The van der Waals surface area contributed by atoms with Gasteiger partial charge in [-0.2, -0.15) is 0 Å². The van der Waals surface area contributed by atoms with Crippen molar-refractivity contribution in [2.45, 2.75) is 24.8 Å². The molecule has 0 saturated heterocycles. The van der Waals surface area contributed by atoms with Gasteiger partial charge in [0, 0.05) is 12.6 Å². The van der Waals surface area contributed by atoms with Gasteiger partial charge >= 0.3 is 5.97 Å². The Kier molecular flexibility index (Phi) is 5.81. The maximum absolute atomic E-state index is 12.2. The molecule has 0 heterocycles. The van der Waals surface area contributed by atoms with Gasteiger partial charge in [0.1, 0.15) is 0 Å². The highest BCUT2D eigenvalue weighted by atomic mass is 32.2. The largest absolute Gasteiger partial charge is 0.469 e. The Morgan fingerprint density at radius 3 is 2.52 bits per heavy atom. The van der Waals surface area contributed by atoms with Crippen molar-refractivity contribution in [3.63, 3.8) is 0 Å². The van der Waals surface area contributed by atoms with E-state index in [2.05, 4.69) is 9.46 Å². The van der Waals surface area contributed by atoms with Crippen molar-refractivity contribution < 1.29 is 28.0 Å². The molecule has 0 fully saturated rings. The van der Waals surface area contributed by atoms with Gasteiger partial charge in [0.05, 0.1) is 23.6 Å². The number of nitrogens with zero attached hydrogens (tertiary/aromatic N) is 1. The molecule has 0 bridgehead atoms. The van der Waals surface area contributed by atoms with Gasteiger partial charge in [-0.05, 0) is 19.9 Å². The van der Waals surface area contributed by atoms with E-state index in [0.29, 0.717) is 0 Å². The van der Waals surface area contributed by atoms with Gasteiger partial charge in [0.25, 0.3) is 5.69 Å². The molecule has 0 aromatic heterocycles. The number of benzene rings is 1. The standard InChI is InChI=1S/C13H18N2O7S/c1-13(2,12(17)22-3)11(16)8-14-23(20,21)10-7-5-4-6-9(10)15(18)19/h4-7,11,14,16H,8H2,1-3H3. The van der Waals surface area contributed by atoms with E-state index < -0.39 is 49.6 Å². The van der Waals surface area contributed by atoms with Crippen molar-refractivity contribution >= 4 is 21.7 Å². The van der Waals surface area contributed by atoms with Gasteiger partial charge < -0.3 is 9.84 Å². The van der Waals surface area contributed by atoms with Crippen LogP contribution in [0.4, 0.5) is 5.69 Å². The number of nitro groups is 1. The molecule has 23 heavy (non-hydrogen) atoms. The molecule has 0 amide bonds. The molecule has 0 aliphatic carbocycles.